The minimum Gasteiger partial charge on any atom is -0.506 e. The van der Waals surface area contributed by atoms with Crippen molar-refractivity contribution >= 4 is 11.6 Å². The maximum Gasteiger partial charge on any atom is 0.142 e. The van der Waals surface area contributed by atoms with Crippen molar-refractivity contribution < 1.29 is 5.11 Å². The molecule has 1 fully saturated rings. The second-order valence-electron chi connectivity index (χ2n) is 2.87. The molecule has 0 aliphatic heterocycles. The molecule has 1 aliphatic rings. The van der Waals surface area contributed by atoms with E-state index in [-0.39, 0.29) is 5.75 Å². The second-order valence-corrected chi connectivity index (χ2v) is 3.25. The first-order chi connectivity index (χ1) is 5.29. The van der Waals surface area contributed by atoms with Gasteiger partial charge in [-0.05, 0) is 24.3 Å². The molecule has 11 heavy (non-hydrogen) atoms. The number of halogens is 1. The van der Waals surface area contributed by atoms with Crippen LogP contribution in [0.25, 0.3) is 0 Å². The highest BCUT2D eigenvalue weighted by molar-refractivity contribution is 6.32. The lowest BCUT2D eigenvalue weighted by molar-refractivity contribution is 0.473. The Hall–Kier alpha value is -0.690. The van der Waals surface area contributed by atoms with Crippen molar-refractivity contribution in [2.75, 3.05) is 0 Å². The van der Waals surface area contributed by atoms with E-state index in [0.29, 0.717) is 10.9 Å². The standard InChI is InChI=1S/C9H8ClO/c10-9-7(6-4-5-6)2-1-3-8(9)11/h1-2,6,11H,4-5H2. The van der Waals surface area contributed by atoms with Crippen LogP contribution >= 0.6 is 11.6 Å². The van der Waals surface area contributed by atoms with E-state index in [2.05, 4.69) is 6.07 Å². The molecule has 1 N–H and O–H groups in total. The van der Waals surface area contributed by atoms with Gasteiger partial charge in [-0.1, -0.05) is 23.7 Å². The van der Waals surface area contributed by atoms with E-state index in [1.165, 1.54) is 12.8 Å². The molecule has 0 bridgehead atoms. The fourth-order valence-electron chi connectivity index (χ4n) is 1.19. The van der Waals surface area contributed by atoms with Gasteiger partial charge in [-0.2, -0.15) is 0 Å². The van der Waals surface area contributed by atoms with Crippen LogP contribution in [0.1, 0.15) is 24.3 Å². The van der Waals surface area contributed by atoms with Crippen LogP contribution in [0.3, 0.4) is 0 Å². The van der Waals surface area contributed by atoms with E-state index < -0.39 is 0 Å². The fraction of sp³-hybridized carbons (Fsp3) is 0.333. The molecule has 1 aromatic carbocycles. The molecule has 0 spiro atoms. The molecule has 1 aliphatic carbocycles. The predicted octanol–water partition coefficient (Wildman–Crippen LogP) is 2.72. The van der Waals surface area contributed by atoms with Crippen LogP contribution in [0, 0.1) is 6.07 Å². The third kappa shape index (κ3) is 1.21. The lowest BCUT2D eigenvalue weighted by Crippen LogP contribution is -1.80. The summed E-state index contributed by atoms with van der Waals surface area (Å²) in [5, 5.41) is 9.67. The van der Waals surface area contributed by atoms with Crippen LogP contribution in [0.15, 0.2) is 12.1 Å². The Bertz CT molecular complexity index is 279. The monoisotopic (exact) mass is 167 g/mol. The Balaban J connectivity index is 2.45. The largest absolute Gasteiger partial charge is 0.506 e. The Morgan fingerprint density at radius 2 is 2.27 bits per heavy atom. The summed E-state index contributed by atoms with van der Waals surface area (Å²) in [6.07, 6.45) is 2.40. The van der Waals surface area contributed by atoms with Gasteiger partial charge in [0.05, 0.1) is 5.02 Å². The minimum atomic E-state index is 0.0797. The number of hydrogen-bond donors (Lipinski definition) is 1. The number of phenols is 1. The maximum absolute atomic E-state index is 9.19. The summed E-state index contributed by atoms with van der Waals surface area (Å²) < 4.78 is 0. The van der Waals surface area contributed by atoms with Crippen molar-refractivity contribution in [1.82, 2.24) is 0 Å². The van der Waals surface area contributed by atoms with Crippen molar-refractivity contribution in [2.24, 2.45) is 0 Å². The van der Waals surface area contributed by atoms with Gasteiger partial charge in [0.15, 0.2) is 0 Å². The number of hydrogen-bond acceptors (Lipinski definition) is 1. The van der Waals surface area contributed by atoms with Gasteiger partial charge in [-0.15, -0.1) is 0 Å². The van der Waals surface area contributed by atoms with Crippen molar-refractivity contribution in [3.05, 3.63) is 28.8 Å². The summed E-state index contributed by atoms with van der Waals surface area (Å²) >= 11 is 5.85. The van der Waals surface area contributed by atoms with Gasteiger partial charge in [-0.25, -0.2) is 0 Å². The average Bonchev–Trinajstić information content (AvgIpc) is 2.77. The molecule has 1 saturated carbocycles. The van der Waals surface area contributed by atoms with E-state index in [9.17, 15) is 5.11 Å². The predicted molar refractivity (Wildman–Crippen MR) is 43.9 cm³/mol. The Morgan fingerprint density at radius 1 is 1.55 bits per heavy atom. The van der Waals surface area contributed by atoms with Gasteiger partial charge in [0.2, 0.25) is 0 Å². The Morgan fingerprint density at radius 3 is 2.91 bits per heavy atom. The van der Waals surface area contributed by atoms with E-state index in [1.807, 2.05) is 6.07 Å². The zero-order chi connectivity index (χ0) is 7.84. The molecule has 0 unspecified atom stereocenters. The normalized spacial score (nSPS) is 16.8. The topological polar surface area (TPSA) is 20.2 Å². The van der Waals surface area contributed by atoms with Gasteiger partial charge >= 0.3 is 0 Å². The quantitative estimate of drug-likeness (QED) is 0.682. The van der Waals surface area contributed by atoms with Crippen LogP contribution < -0.4 is 0 Å². The molecule has 0 heterocycles. The summed E-state index contributed by atoms with van der Waals surface area (Å²) in [4.78, 5) is 0. The maximum atomic E-state index is 9.19. The lowest BCUT2D eigenvalue weighted by atomic mass is 10.1. The summed E-state index contributed by atoms with van der Waals surface area (Å²) in [6.45, 7) is 0. The van der Waals surface area contributed by atoms with Crippen molar-refractivity contribution in [1.29, 1.82) is 0 Å². The zero-order valence-corrected chi connectivity index (χ0v) is 6.73. The minimum absolute atomic E-state index is 0.0797. The molecule has 2 rings (SSSR count). The number of phenolic OH excluding ortho intramolecular Hbond substituents is 1. The van der Waals surface area contributed by atoms with Crippen LogP contribution in [0.2, 0.25) is 5.02 Å². The number of aromatic hydroxyl groups is 1. The Labute approximate surface area is 70.6 Å². The molecule has 1 radical (unpaired) electrons. The van der Waals surface area contributed by atoms with Gasteiger partial charge in [0.1, 0.15) is 5.75 Å². The highest BCUT2D eigenvalue weighted by atomic mass is 35.5. The molecule has 0 amide bonds. The van der Waals surface area contributed by atoms with Gasteiger partial charge < -0.3 is 5.11 Å². The van der Waals surface area contributed by atoms with Crippen molar-refractivity contribution in [3.63, 3.8) is 0 Å². The smallest absolute Gasteiger partial charge is 0.142 e. The first-order valence-corrected chi connectivity index (χ1v) is 4.06. The van der Waals surface area contributed by atoms with Crippen LogP contribution in [0.5, 0.6) is 5.75 Å². The third-order valence-corrected chi connectivity index (χ3v) is 2.36. The molecule has 0 saturated heterocycles. The molecule has 0 atom stereocenters. The summed E-state index contributed by atoms with van der Waals surface area (Å²) in [7, 11) is 0. The molecular formula is C9H8ClO. The summed E-state index contributed by atoms with van der Waals surface area (Å²) in [6, 6.07) is 6.29. The van der Waals surface area contributed by atoms with Crippen molar-refractivity contribution in [2.45, 2.75) is 18.8 Å². The van der Waals surface area contributed by atoms with E-state index in [0.717, 1.165) is 5.56 Å². The molecule has 57 valence electrons. The van der Waals surface area contributed by atoms with E-state index >= 15 is 0 Å². The van der Waals surface area contributed by atoms with Gasteiger partial charge in [-0.3, -0.25) is 0 Å². The molecule has 2 heteroatoms. The van der Waals surface area contributed by atoms with Crippen molar-refractivity contribution in [3.8, 4) is 5.75 Å². The first kappa shape index (κ1) is 6.99. The Kier molecular flexibility index (Phi) is 1.53. The van der Waals surface area contributed by atoms with Crippen LogP contribution in [-0.4, -0.2) is 5.11 Å². The van der Waals surface area contributed by atoms with E-state index in [1.54, 1.807) is 6.07 Å². The molecular weight excluding hydrogens is 160 g/mol. The van der Waals surface area contributed by atoms with Crippen LogP contribution in [-0.2, 0) is 0 Å². The lowest BCUT2D eigenvalue weighted by Gasteiger charge is -2.01. The molecule has 1 nitrogen and oxygen atoms in total. The van der Waals surface area contributed by atoms with Gasteiger partial charge in [0.25, 0.3) is 0 Å². The highest BCUT2D eigenvalue weighted by Gasteiger charge is 2.26. The number of benzene rings is 1. The number of rotatable bonds is 1. The average molecular weight is 168 g/mol. The van der Waals surface area contributed by atoms with E-state index in [4.69, 9.17) is 11.6 Å². The SMILES string of the molecule is Oc1[c]ccc(C2CC2)c1Cl. The third-order valence-electron chi connectivity index (χ3n) is 1.96. The first-order valence-electron chi connectivity index (χ1n) is 3.68. The van der Waals surface area contributed by atoms with Crippen LogP contribution in [0.4, 0.5) is 0 Å². The van der Waals surface area contributed by atoms with Gasteiger partial charge in [0, 0.05) is 6.07 Å². The zero-order valence-electron chi connectivity index (χ0n) is 5.97. The highest BCUT2D eigenvalue weighted by Crippen LogP contribution is 2.45. The summed E-state index contributed by atoms with van der Waals surface area (Å²) in [5.41, 5.74) is 1.07. The fourth-order valence-corrected chi connectivity index (χ4v) is 1.47. The summed E-state index contributed by atoms with van der Waals surface area (Å²) in [5.74, 6) is 0.666. The molecule has 1 aromatic rings. The molecule has 0 aromatic heterocycles. The second kappa shape index (κ2) is 2.42.